The van der Waals surface area contributed by atoms with Gasteiger partial charge in [-0.3, -0.25) is 5.43 Å². The van der Waals surface area contributed by atoms with Crippen LogP contribution in [0.15, 0.2) is 12.4 Å². The fourth-order valence-electron chi connectivity index (χ4n) is 1.24. The van der Waals surface area contributed by atoms with Crippen molar-refractivity contribution >= 4 is 6.29 Å². The quantitative estimate of drug-likeness (QED) is 0.700. The summed E-state index contributed by atoms with van der Waals surface area (Å²) in [5, 5.41) is 4.06. The van der Waals surface area contributed by atoms with E-state index in [1.165, 1.54) is 0 Å². The third-order valence-corrected chi connectivity index (χ3v) is 2.04. The van der Waals surface area contributed by atoms with E-state index >= 15 is 0 Å². The normalized spacial score (nSPS) is 12.4. The van der Waals surface area contributed by atoms with Gasteiger partial charge in [0.05, 0.1) is 18.4 Å². The second-order valence-electron chi connectivity index (χ2n) is 3.48. The molecule has 14 heavy (non-hydrogen) atoms. The molecule has 0 bridgehead atoms. The van der Waals surface area contributed by atoms with Crippen LogP contribution in [-0.2, 0) is 4.79 Å². The van der Waals surface area contributed by atoms with Crippen LogP contribution in [0.4, 0.5) is 0 Å². The van der Waals surface area contributed by atoms with Gasteiger partial charge in [-0.15, -0.1) is 0 Å². The zero-order valence-electron chi connectivity index (χ0n) is 8.73. The van der Waals surface area contributed by atoms with Crippen molar-refractivity contribution in [1.29, 1.82) is 0 Å². The molecule has 0 aliphatic rings. The van der Waals surface area contributed by atoms with Gasteiger partial charge in [0.2, 0.25) is 0 Å². The Hall–Kier alpha value is -1.32. The van der Waals surface area contributed by atoms with Crippen LogP contribution < -0.4 is 5.43 Å². The van der Waals surface area contributed by atoms with Crippen LogP contribution in [0, 0.1) is 6.92 Å². The molecule has 0 unspecified atom stereocenters. The van der Waals surface area contributed by atoms with E-state index in [2.05, 4.69) is 17.4 Å². The number of carbonyl (C=O) groups is 1. The number of aryl methyl sites for hydroxylation is 1. The van der Waals surface area contributed by atoms with E-state index in [-0.39, 0.29) is 6.04 Å². The van der Waals surface area contributed by atoms with Crippen LogP contribution in [0.5, 0.6) is 0 Å². The summed E-state index contributed by atoms with van der Waals surface area (Å²) in [4.78, 5) is 12.3. The summed E-state index contributed by atoms with van der Waals surface area (Å²) >= 11 is 0. The predicted octanol–water partition coefficient (Wildman–Crippen LogP) is 1.49. The molecule has 0 radical (unpaired) electrons. The summed E-state index contributed by atoms with van der Waals surface area (Å²) in [7, 11) is 0. The van der Waals surface area contributed by atoms with Crippen LogP contribution in [0.3, 0.4) is 0 Å². The molecule has 1 heterocycles. The fourth-order valence-corrected chi connectivity index (χ4v) is 1.24. The molecule has 1 atom stereocenters. The molecule has 0 aliphatic heterocycles. The monoisotopic (exact) mass is 195 g/mol. The van der Waals surface area contributed by atoms with Crippen molar-refractivity contribution in [3.8, 4) is 0 Å². The van der Waals surface area contributed by atoms with Gasteiger partial charge in [-0.2, -0.15) is 9.89 Å². The van der Waals surface area contributed by atoms with Gasteiger partial charge in [-0.1, -0.05) is 19.8 Å². The lowest BCUT2D eigenvalue weighted by Gasteiger charge is -2.12. The molecule has 0 spiro atoms. The Bertz CT molecular complexity index is 283. The average molecular weight is 195 g/mol. The molecule has 1 aromatic rings. The molecule has 1 aromatic heterocycles. The Labute approximate surface area is 84.3 Å². The number of aldehydes is 1. The molecule has 0 saturated carbocycles. The van der Waals surface area contributed by atoms with Crippen molar-refractivity contribution in [1.82, 2.24) is 9.89 Å². The molecule has 4 heteroatoms. The number of hydrogen-bond acceptors (Lipinski definition) is 3. The third kappa shape index (κ3) is 3.20. The first kappa shape index (κ1) is 10.8. The number of hydrogen-bond donors (Lipinski definition) is 1. The SMILES string of the molecule is CCCC[C@@H](C=O)Nn1cc(C)cn1. The first-order valence-corrected chi connectivity index (χ1v) is 4.99. The molecule has 4 nitrogen and oxygen atoms in total. The van der Waals surface area contributed by atoms with Crippen molar-refractivity contribution in [2.75, 3.05) is 5.43 Å². The maximum absolute atomic E-state index is 10.7. The number of carbonyl (C=O) groups excluding carboxylic acids is 1. The minimum atomic E-state index is -0.130. The molecule has 1 rings (SSSR count). The summed E-state index contributed by atoms with van der Waals surface area (Å²) in [5.74, 6) is 0. The summed E-state index contributed by atoms with van der Waals surface area (Å²) in [6, 6.07) is -0.130. The summed E-state index contributed by atoms with van der Waals surface area (Å²) in [6.45, 7) is 4.08. The number of nitrogens with zero attached hydrogens (tertiary/aromatic N) is 2. The molecular weight excluding hydrogens is 178 g/mol. The van der Waals surface area contributed by atoms with E-state index in [1.54, 1.807) is 11.0 Å². The van der Waals surface area contributed by atoms with E-state index in [0.717, 1.165) is 31.1 Å². The zero-order valence-corrected chi connectivity index (χ0v) is 8.73. The molecule has 78 valence electrons. The van der Waals surface area contributed by atoms with Gasteiger partial charge in [-0.25, -0.2) is 0 Å². The largest absolute Gasteiger partial charge is 0.301 e. The van der Waals surface area contributed by atoms with E-state index in [4.69, 9.17) is 0 Å². The van der Waals surface area contributed by atoms with E-state index in [0.29, 0.717) is 0 Å². The Morgan fingerprint density at radius 3 is 3.00 bits per heavy atom. The molecule has 0 aliphatic carbocycles. The number of aromatic nitrogens is 2. The van der Waals surface area contributed by atoms with Crippen LogP contribution in [0.1, 0.15) is 31.7 Å². The standard InChI is InChI=1S/C10H17N3O/c1-3-4-5-10(8-14)12-13-7-9(2)6-11-13/h6-8,10,12H,3-5H2,1-2H3/t10-/m0/s1. The minimum absolute atomic E-state index is 0.130. The fraction of sp³-hybridized carbons (Fsp3) is 0.600. The highest BCUT2D eigenvalue weighted by Gasteiger charge is 2.05. The van der Waals surface area contributed by atoms with E-state index < -0.39 is 0 Å². The first-order valence-electron chi connectivity index (χ1n) is 4.99. The molecule has 0 fully saturated rings. The van der Waals surface area contributed by atoms with Crippen molar-refractivity contribution in [2.45, 2.75) is 39.2 Å². The highest BCUT2D eigenvalue weighted by Crippen LogP contribution is 2.00. The molecule has 0 amide bonds. The molecular formula is C10H17N3O. The zero-order chi connectivity index (χ0) is 10.4. The van der Waals surface area contributed by atoms with Gasteiger partial charge in [0, 0.05) is 0 Å². The summed E-state index contributed by atoms with van der Waals surface area (Å²) in [6.07, 6.45) is 7.57. The topological polar surface area (TPSA) is 46.9 Å². The van der Waals surface area contributed by atoms with Gasteiger partial charge < -0.3 is 4.79 Å². The Morgan fingerprint density at radius 2 is 2.50 bits per heavy atom. The third-order valence-electron chi connectivity index (χ3n) is 2.04. The number of rotatable bonds is 6. The van der Waals surface area contributed by atoms with E-state index in [9.17, 15) is 4.79 Å². The van der Waals surface area contributed by atoms with Gasteiger partial charge in [0.25, 0.3) is 0 Å². The highest BCUT2D eigenvalue weighted by atomic mass is 16.1. The minimum Gasteiger partial charge on any atom is -0.301 e. The van der Waals surface area contributed by atoms with Crippen LogP contribution in [0.2, 0.25) is 0 Å². The Balaban J connectivity index is 2.43. The summed E-state index contributed by atoms with van der Waals surface area (Å²) in [5.41, 5.74) is 4.10. The molecule has 1 N–H and O–H groups in total. The van der Waals surface area contributed by atoms with Crippen LogP contribution in [-0.4, -0.2) is 22.2 Å². The lowest BCUT2D eigenvalue weighted by molar-refractivity contribution is -0.108. The smallest absolute Gasteiger partial charge is 0.143 e. The second kappa shape index (κ2) is 5.42. The first-order chi connectivity index (χ1) is 6.76. The van der Waals surface area contributed by atoms with Gasteiger partial charge in [0.15, 0.2) is 0 Å². The lowest BCUT2D eigenvalue weighted by atomic mass is 10.1. The number of nitrogens with one attached hydrogen (secondary N) is 1. The Morgan fingerprint density at radius 1 is 1.71 bits per heavy atom. The van der Waals surface area contributed by atoms with Gasteiger partial charge in [0.1, 0.15) is 6.29 Å². The van der Waals surface area contributed by atoms with E-state index in [1.807, 2.05) is 13.1 Å². The van der Waals surface area contributed by atoms with Gasteiger partial charge >= 0.3 is 0 Å². The van der Waals surface area contributed by atoms with Crippen LogP contribution >= 0.6 is 0 Å². The number of unbranched alkanes of at least 4 members (excludes halogenated alkanes) is 1. The Kier molecular flexibility index (Phi) is 4.16. The maximum Gasteiger partial charge on any atom is 0.143 e. The second-order valence-corrected chi connectivity index (χ2v) is 3.48. The average Bonchev–Trinajstić information content (AvgIpc) is 2.58. The highest BCUT2D eigenvalue weighted by molar-refractivity contribution is 5.59. The van der Waals surface area contributed by atoms with Gasteiger partial charge in [-0.05, 0) is 18.9 Å². The molecule has 0 saturated heterocycles. The lowest BCUT2D eigenvalue weighted by Crippen LogP contribution is -2.29. The predicted molar refractivity (Wildman–Crippen MR) is 55.7 cm³/mol. The summed E-state index contributed by atoms with van der Waals surface area (Å²) < 4.78 is 0. The van der Waals surface area contributed by atoms with Crippen LogP contribution in [0.25, 0.3) is 0 Å². The van der Waals surface area contributed by atoms with Crippen molar-refractivity contribution in [3.05, 3.63) is 18.0 Å². The van der Waals surface area contributed by atoms with Crippen molar-refractivity contribution < 1.29 is 4.79 Å². The van der Waals surface area contributed by atoms with Crippen molar-refractivity contribution in [2.24, 2.45) is 0 Å². The molecule has 0 aromatic carbocycles. The van der Waals surface area contributed by atoms with Crippen molar-refractivity contribution in [3.63, 3.8) is 0 Å². The maximum atomic E-state index is 10.7.